The lowest BCUT2D eigenvalue weighted by Crippen LogP contribution is -2.44. The van der Waals surface area contributed by atoms with Crippen LogP contribution in [-0.2, 0) is 16.0 Å². The number of ketones is 1. The number of nitrogens with zero attached hydrogens (tertiary/aromatic N) is 1. The van der Waals surface area contributed by atoms with Gasteiger partial charge in [0.05, 0.1) is 5.92 Å². The van der Waals surface area contributed by atoms with Crippen LogP contribution in [0.2, 0.25) is 0 Å². The fourth-order valence-corrected chi connectivity index (χ4v) is 2.72. The number of Topliss-reactive ketones (excluding diaryl/α,β-unsaturated/α-hetero) is 1. The Morgan fingerprint density at radius 2 is 1.95 bits per heavy atom. The molecule has 0 N–H and O–H groups in total. The second-order valence-corrected chi connectivity index (χ2v) is 5.18. The van der Waals surface area contributed by atoms with Gasteiger partial charge in [-0.2, -0.15) is 0 Å². The van der Waals surface area contributed by atoms with Crippen LogP contribution in [-0.4, -0.2) is 36.3 Å². The van der Waals surface area contributed by atoms with Gasteiger partial charge in [0.25, 0.3) is 0 Å². The highest BCUT2D eigenvalue weighted by Crippen LogP contribution is 2.28. The fraction of sp³-hybridized carbons (Fsp3) is 0.467. The van der Waals surface area contributed by atoms with Crippen LogP contribution in [0.5, 0.6) is 5.75 Å². The van der Waals surface area contributed by atoms with E-state index < -0.39 is 0 Å². The van der Waals surface area contributed by atoms with Crippen molar-refractivity contribution in [1.29, 1.82) is 0 Å². The second kappa shape index (κ2) is 5.03. The summed E-state index contributed by atoms with van der Waals surface area (Å²) in [5.74, 6) is 1.17. The smallest absolute Gasteiger partial charge is 0.229 e. The molecule has 19 heavy (non-hydrogen) atoms. The predicted octanol–water partition coefficient (Wildman–Crippen LogP) is 1.43. The molecular formula is C15H17NO3. The molecule has 100 valence electrons. The molecule has 2 aliphatic heterocycles. The Morgan fingerprint density at radius 3 is 2.74 bits per heavy atom. The van der Waals surface area contributed by atoms with Crippen molar-refractivity contribution in [2.75, 3.05) is 19.7 Å². The van der Waals surface area contributed by atoms with E-state index in [0.717, 1.165) is 17.7 Å². The number of hydrogen-bond acceptors (Lipinski definition) is 3. The molecule has 1 fully saturated rings. The van der Waals surface area contributed by atoms with Crippen molar-refractivity contribution in [3.63, 3.8) is 0 Å². The van der Waals surface area contributed by atoms with Gasteiger partial charge >= 0.3 is 0 Å². The van der Waals surface area contributed by atoms with E-state index in [0.29, 0.717) is 32.5 Å². The normalized spacial score (nSPS) is 22.6. The predicted molar refractivity (Wildman–Crippen MR) is 70.0 cm³/mol. The summed E-state index contributed by atoms with van der Waals surface area (Å²) in [7, 11) is 0. The van der Waals surface area contributed by atoms with E-state index in [1.807, 2.05) is 29.2 Å². The zero-order chi connectivity index (χ0) is 13.2. The zero-order valence-electron chi connectivity index (χ0n) is 10.8. The highest BCUT2D eigenvalue weighted by Gasteiger charge is 2.31. The molecule has 4 nitrogen and oxygen atoms in total. The lowest BCUT2D eigenvalue weighted by atomic mass is 9.94. The topological polar surface area (TPSA) is 46.6 Å². The molecule has 1 aromatic rings. The van der Waals surface area contributed by atoms with Crippen LogP contribution in [0, 0.1) is 5.92 Å². The van der Waals surface area contributed by atoms with Gasteiger partial charge in [-0.3, -0.25) is 9.59 Å². The summed E-state index contributed by atoms with van der Waals surface area (Å²) in [5.41, 5.74) is 1.10. The first-order valence-corrected chi connectivity index (χ1v) is 6.75. The van der Waals surface area contributed by atoms with Crippen LogP contribution >= 0.6 is 0 Å². The minimum Gasteiger partial charge on any atom is -0.492 e. The van der Waals surface area contributed by atoms with Gasteiger partial charge in [0.1, 0.15) is 18.1 Å². The van der Waals surface area contributed by atoms with Gasteiger partial charge in [-0.15, -0.1) is 0 Å². The minimum atomic E-state index is -0.108. The molecule has 1 amide bonds. The van der Waals surface area contributed by atoms with Crippen molar-refractivity contribution in [2.45, 2.75) is 19.3 Å². The molecule has 3 rings (SSSR count). The Morgan fingerprint density at radius 1 is 1.21 bits per heavy atom. The number of rotatable bonds is 1. The molecule has 1 atom stereocenters. The van der Waals surface area contributed by atoms with E-state index in [1.54, 1.807) is 0 Å². The molecule has 0 radical (unpaired) electrons. The molecule has 4 heteroatoms. The summed E-state index contributed by atoms with van der Waals surface area (Å²) >= 11 is 0. The van der Waals surface area contributed by atoms with Crippen molar-refractivity contribution in [3.05, 3.63) is 29.8 Å². The maximum absolute atomic E-state index is 12.4. The van der Waals surface area contributed by atoms with E-state index in [9.17, 15) is 9.59 Å². The molecule has 2 heterocycles. The summed E-state index contributed by atoms with van der Waals surface area (Å²) in [5, 5.41) is 0. The molecule has 0 bridgehead atoms. The van der Waals surface area contributed by atoms with Crippen molar-refractivity contribution in [2.24, 2.45) is 5.92 Å². The number of ether oxygens (including phenoxy) is 1. The van der Waals surface area contributed by atoms with Crippen LogP contribution in [0.4, 0.5) is 0 Å². The Bertz CT molecular complexity index is 502. The number of piperidine rings is 1. The number of para-hydroxylation sites is 1. The van der Waals surface area contributed by atoms with Gasteiger partial charge in [-0.05, 0) is 18.1 Å². The summed E-state index contributed by atoms with van der Waals surface area (Å²) in [4.78, 5) is 25.4. The van der Waals surface area contributed by atoms with Crippen LogP contribution in [0.3, 0.4) is 0 Å². The van der Waals surface area contributed by atoms with E-state index >= 15 is 0 Å². The van der Waals surface area contributed by atoms with Crippen molar-refractivity contribution in [3.8, 4) is 5.75 Å². The van der Waals surface area contributed by atoms with E-state index in [-0.39, 0.29) is 17.6 Å². The van der Waals surface area contributed by atoms with Crippen LogP contribution in [0.1, 0.15) is 18.4 Å². The Labute approximate surface area is 112 Å². The summed E-state index contributed by atoms with van der Waals surface area (Å²) in [6.45, 7) is 1.58. The van der Waals surface area contributed by atoms with E-state index in [2.05, 4.69) is 0 Å². The van der Waals surface area contributed by atoms with Gasteiger partial charge in [-0.1, -0.05) is 18.2 Å². The first kappa shape index (κ1) is 12.2. The lowest BCUT2D eigenvalue weighted by Gasteiger charge is -2.32. The van der Waals surface area contributed by atoms with Crippen molar-refractivity contribution >= 4 is 11.7 Å². The van der Waals surface area contributed by atoms with Gasteiger partial charge < -0.3 is 9.64 Å². The van der Waals surface area contributed by atoms with Gasteiger partial charge in [-0.25, -0.2) is 0 Å². The summed E-state index contributed by atoms with van der Waals surface area (Å²) in [6, 6.07) is 7.86. The highest BCUT2D eigenvalue weighted by molar-refractivity contribution is 5.84. The van der Waals surface area contributed by atoms with E-state index in [4.69, 9.17) is 4.74 Å². The third kappa shape index (κ3) is 2.48. The highest BCUT2D eigenvalue weighted by atomic mass is 16.5. The van der Waals surface area contributed by atoms with Gasteiger partial charge in [0.15, 0.2) is 0 Å². The number of fused-ring (bicyclic) bond motifs is 1. The number of amides is 1. The number of carbonyl (C=O) groups is 2. The maximum atomic E-state index is 12.4. The maximum Gasteiger partial charge on any atom is 0.229 e. The third-order valence-electron chi connectivity index (χ3n) is 3.86. The first-order valence-electron chi connectivity index (χ1n) is 6.75. The molecule has 0 spiro atoms. The Balaban J connectivity index is 1.67. The standard InChI is InChI=1S/C15H17NO3/c17-13-5-7-16(8-6-13)15(18)12-9-11-3-1-2-4-14(11)19-10-12/h1-4,12H,5-10H2/t12-/m1/s1. The lowest BCUT2D eigenvalue weighted by molar-refractivity contribution is -0.139. The quantitative estimate of drug-likeness (QED) is 0.766. The molecule has 0 saturated carbocycles. The van der Waals surface area contributed by atoms with Crippen LogP contribution < -0.4 is 4.74 Å². The Hall–Kier alpha value is -1.84. The molecule has 0 aromatic heterocycles. The average Bonchev–Trinajstić information content (AvgIpc) is 2.47. The molecule has 1 aromatic carbocycles. The molecule has 0 unspecified atom stereocenters. The number of benzene rings is 1. The zero-order valence-corrected chi connectivity index (χ0v) is 10.8. The molecular weight excluding hydrogens is 242 g/mol. The Kier molecular flexibility index (Phi) is 3.23. The number of likely N-dealkylation sites (tertiary alicyclic amines) is 1. The summed E-state index contributed by atoms with van der Waals surface area (Å²) < 4.78 is 5.65. The van der Waals surface area contributed by atoms with Gasteiger partial charge in [0.2, 0.25) is 5.91 Å². The molecule has 0 aliphatic carbocycles. The van der Waals surface area contributed by atoms with Crippen LogP contribution in [0.25, 0.3) is 0 Å². The molecule has 2 aliphatic rings. The number of hydrogen-bond donors (Lipinski definition) is 0. The van der Waals surface area contributed by atoms with Crippen molar-refractivity contribution in [1.82, 2.24) is 4.90 Å². The first-order chi connectivity index (χ1) is 9.24. The summed E-state index contributed by atoms with van der Waals surface area (Å²) in [6.07, 6.45) is 1.73. The average molecular weight is 259 g/mol. The second-order valence-electron chi connectivity index (χ2n) is 5.18. The number of carbonyl (C=O) groups excluding carboxylic acids is 2. The monoisotopic (exact) mass is 259 g/mol. The molecule has 1 saturated heterocycles. The van der Waals surface area contributed by atoms with Crippen LogP contribution in [0.15, 0.2) is 24.3 Å². The largest absolute Gasteiger partial charge is 0.492 e. The minimum absolute atomic E-state index is 0.108. The van der Waals surface area contributed by atoms with Crippen molar-refractivity contribution < 1.29 is 14.3 Å². The van der Waals surface area contributed by atoms with Gasteiger partial charge in [0, 0.05) is 25.9 Å². The fourth-order valence-electron chi connectivity index (χ4n) is 2.72. The third-order valence-corrected chi connectivity index (χ3v) is 3.86. The van der Waals surface area contributed by atoms with E-state index in [1.165, 1.54) is 0 Å². The SMILES string of the molecule is O=C1CCN(C(=O)[C@H]2COc3ccccc3C2)CC1.